The number of carboxylic acid groups (broad SMARTS) is 1. The molecule has 24 heavy (non-hydrogen) atoms. The van der Waals surface area contributed by atoms with Crippen molar-refractivity contribution < 1.29 is 9.90 Å². The fourth-order valence-electron chi connectivity index (χ4n) is 2.99. The van der Waals surface area contributed by atoms with E-state index in [9.17, 15) is 4.79 Å². The van der Waals surface area contributed by atoms with E-state index in [1.165, 1.54) is 5.56 Å². The molecule has 5 nitrogen and oxygen atoms in total. The maximum absolute atomic E-state index is 10.8. The Bertz CT molecular complexity index is 640. The van der Waals surface area contributed by atoms with E-state index in [2.05, 4.69) is 27.1 Å². The largest absolute Gasteiger partial charge is 0.480 e. The van der Waals surface area contributed by atoms with Crippen LogP contribution in [0.3, 0.4) is 0 Å². The molecule has 0 radical (unpaired) electrons. The van der Waals surface area contributed by atoms with Gasteiger partial charge in [0.1, 0.15) is 5.01 Å². The number of carbonyl (C=O) groups is 1. The van der Waals surface area contributed by atoms with Gasteiger partial charge in [-0.3, -0.25) is 14.6 Å². The Hall–Kier alpha value is -0.990. The van der Waals surface area contributed by atoms with Crippen LogP contribution in [0.4, 0.5) is 0 Å². The first-order chi connectivity index (χ1) is 11.1. The number of rotatable bonds is 6. The van der Waals surface area contributed by atoms with Crippen molar-refractivity contribution in [3.63, 3.8) is 0 Å². The Morgan fingerprint density at radius 2 is 2.17 bits per heavy atom. The van der Waals surface area contributed by atoms with Crippen molar-refractivity contribution in [3.8, 4) is 10.6 Å². The molecule has 0 aromatic carbocycles. The van der Waals surface area contributed by atoms with Gasteiger partial charge in [-0.15, -0.1) is 23.7 Å². The van der Waals surface area contributed by atoms with Crippen LogP contribution in [0.25, 0.3) is 10.6 Å². The lowest BCUT2D eigenvalue weighted by molar-refractivity contribution is -0.138. The Balaban J connectivity index is 0.00000208. The number of nitrogens with zero attached hydrogens (tertiary/aromatic N) is 3. The average molecular weight is 388 g/mol. The lowest BCUT2D eigenvalue weighted by Crippen LogP contribution is -2.44. The van der Waals surface area contributed by atoms with Crippen LogP contribution in [0.1, 0.15) is 18.5 Å². The van der Waals surface area contributed by atoms with Crippen LogP contribution in [-0.4, -0.2) is 58.6 Å². The third-order valence-electron chi connectivity index (χ3n) is 4.27. The van der Waals surface area contributed by atoms with E-state index < -0.39 is 5.97 Å². The number of aliphatic carboxylic acids is 1. The van der Waals surface area contributed by atoms with Crippen LogP contribution < -0.4 is 0 Å². The molecular weight excluding hydrogens is 366 g/mol. The third kappa shape index (κ3) is 5.00. The number of thiazole rings is 1. The molecule has 2 aromatic heterocycles. The van der Waals surface area contributed by atoms with Crippen LogP contribution >= 0.6 is 35.1 Å². The molecule has 1 aliphatic rings. The Morgan fingerprint density at radius 3 is 2.79 bits per heavy atom. The van der Waals surface area contributed by atoms with Crippen molar-refractivity contribution in [2.45, 2.75) is 25.4 Å². The number of carboxylic acids is 1. The van der Waals surface area contributed by atoms with Gasteiger partial charge in [0.05, 0.1) is 12.2 Å². The minimum absolute atomic E-state index is 0. The van der Waals surface area contributed by atoms with Gasteiger partial charge >= 0.3 is 5.97 Å². The normalized spacial score (nSPS) is 16.2. The quantitative estimate of drug-likeness (QED) is 0.824. The van der Waals surface area contributed by atoms with E-state index in [1.807, 2.05) is 11.9 Å². The van der Waals surface area contributed by atoms with E-state index in [-0.39, 0.29) is 19.0 Å². The number of aromatic nitrogens is 1. The molecule has 1 fully saturated rings. The smallest absolute Gasteiger partial charge is 0.317 e. The first-order valence-corrected chi connectivity index (χ1v) is 9.55. The summed E-state index contributed by atoms with van der Waals surface area (Å²) in [5.74, 6) is -0.752. The van der Waals surface area contributed by atoms with Gasteiger partial charge in [-0.05, 0) is 31.3 Å². The number of thiophene rings is 1. The van der Waals surface area contributed by atoms with Crippen molar-refractivity contribution >= 4 is 41.0 Å². The number of hydrogen-bond donors (Lipinski definition) is 1. The van der Waals surface area contributed by atoms with E-state index in [1.54, 1.807) is 22.7 Å². The second kappa shape index (κ2) is 8.92. The van der Waals surface area contributed by atoms with Crippen molar-refractivity contribution in [3.05, 3.63) is 27.9 Å². The Kier molecular flexibility index (Phi) is 7.18. The van der Waals surface area contributed by atoms with Crippen LogP contribution in [0.5, 0.6) is 0 Å². The highest BCUT2D eigenvalue weighted by molar-refractivity contribution is 7.14. The molecule has 0 aliphatic carbocycles. The van der Waals surface area contributed by atoms with Crippen LogP contribution in [0, 0.1) is 0 Å². The predicted octanol–water partition coefficient (Wildman–Crippen LogP) is 3.27. The lowest BCUT2D eigenvalue weighted by Gasteiger charge is -2.35. The van der Waals surface area contributed by atoms with Crippen LogP contribution in [-0.2, 0) is 11.3 Å². The predicted molar refractivity (Wildman–Crippen MR) is 101 cm³/mol. The molecule has 0 bridgehead atoms. The fraction of sp³-hybridized carbons (Fsp3) is 0.500. The first kappa shape index (κ1) is 19.3. The van der Waals surface area contributed by atoms with Gasteiger partial charge in [-0.1, -0.05) is 0 Å². The van der Waals surface area contributed by atoms with Gasteiger partial charge in [0.25, 0.3) is 0 Å². The minimum atomic E-state index is -0.752. The highest BCUT2D eigenvalue weighted by Crippen LogP contribution is 2.26. The minimum Gasteiger partial charge on any atom is -0.480 e. The zero-order valence-corrected chi connectivity index (χ0v) is 16.0. The molecule has 0 atom stereocenters. The summed E-state index contributed by atoms with van der Waals surface area (Å²) >= 11 is 3.40. The highest BCUT2D eigenvalue weighted by Gasteiger charge is 2.24. The molecule has 3 heterocycles. The number of halogens is 1. The van der Waals surface area contributed by atoms with Gasteiger partial charge in [-0.25, -0.2) is 4.98 Å². The Labute approximate surface area is 156 Å². The highest BCUT2D eigenvalue weighted by atomic mass is 35.5. The number of hydrogen-bond acceptors (Lipinski definition) is 6. The number of likely N-dealkylation sites (N-methyl/N-ethyl adjacent to an activating group) is 1. The number of likely N-dealkylation sites (tertiary alicyclic amines) is 1. The molecule has 132 valence electrons. The molecule has 3 rings (SSSR count). The zero-order valence-electron chi connectivity index (χ0n) is 13.6. The van der Waals surface area contributed by atoms with Crippen LogP contribution in [0.15, 0.2) is 22.2 Å². The maximum Gasteiger partial charge on any atom is 0.317 e. The third-order valence-corrected chi connectivity index (χ3v) is 5.89. The molecule has 0 amide bonds. The first-order valence-electron chi connectivity index (χ1n) is 7.73. The van der Waals surface area contributed by atoms with Gasteiger partial charge in [0.2, 0.25) is 0 Å². The SMILES string of the molecule is CN(CC(=O)O)C1CCN(Cc2csc(-c3ccsc3)n2)CC1.Cl. The summed E-state index contributed by atoms with van der Waals surface area (Å²) in [6, 6.07) is 2.48. The monoisotopic (exact) mass is 387 g/mol. The van der Waals surface area contributed by atoms with E-state index >= 15 is 0 Å². The maximum atomic E-state index is 10.8. The summed E-state index contributed by atoms with van der Waals surface area (Å²) in [7, 11) is 1.90. The average Bonchev–Trinajstić information content (AvgIpc) is 3.18. The van der Waals surface area contributed by atoms with Gasteiger partial charge < -0.3 is 5.11 Å². The van der Waals surface area contributed by atoms with E-state index in [0.717, 1.165) is 43.2 Å². The van der Waals surface area contributed by atoms with E-state index in [4.69, 9.17) is 10.1 Å². The summed E-state index contributed by atoms with van der Waals surface area (Å²) in [5.41, 5.74) is 2.34. The number of piperidine rings is 1. The summed E-state index contributed by atoms with van der Waals surface area (Å²) < 4.78 is 0. The van der Waals surface area contributed by atoms with Crippen molar-refractivity contribution in [1.82, 2.24) is 14.8 Å². The summed E-state index contributed by atoms with van der Waals surface area (Å²) in [6.45, 7) is 3.01. The molecule has 2 aromatic rings. The van der Waals surface area contributed by atoms with Crippen LogP contribution in [0.2, 0.25) is 0 Å². The molecule has 1 saturated heterocycles. The Morgan fingerprint density at radius 1 is 1.42 bits per heavy atom. The summed E-state index contributed by atoms with van der Waals surface area (Å²) in [6.07, 6.45) is 2.04. The molecular formula is C16H22ClN3O2S2. The van der Waals surface area contributed by atoms with Gasteiger partial charge in [0.15, 0.2) is 0 Å². The zero-order chi connectivity index (χ0) is 16.2. The second-order valence-corrected chi connectivity index (χ2v) is 7.61. The van der Waals surface area contributed by atoms with Crippen molar-refractivity contribution in [2.75, 3.05) is 26.7 Å². The topological polar surface area (TPSA) is 56.7 Å². The standard InChI is InChI=1S/C16H21N3O2S2.ClH/c1-18(9-15(20)21)14-2-5-19(6-3-14)8-13-11-23-16(17-13)12-4-7-22-10-12;/h4,7,10-11,14H,2-3,5-6,8-9H2,1H3,(H,20,21);1H. The molecule has 8 heteroatoms. The lowest BCUT2D eigenvalue weighted by atomic mass is 10.0. The van der Waals surface area contributed by atoms with Crippen molar-refractivity contribution in [2.24, 2.45) is 0 Å². The fourth-order valence-corrected chi connectivity index (χ4v) is 4.51. The molecule has 1 N–H and O–H groups in total. The van der Waals surface area contributed by atoms with E-state index in [0.29, 0.717) is 6.04 Å². The van der Waals surface area contributed by atoms with Crippen molar-refractivity contribution in [1.29, 1.82) is 0 Å². The molecule has 0 spiro atoms. The molecule has 0 saturated carbocycles. The van der Waals surface area contributed by atoms with Gasteiger partial charge in [0, 0.05) is 42.0 Å². The second-order valence-electron chi connectivity index (χ2n) is 5.97. The molecule has 0 unspecified atom stereocenters. The molecule has 1 aliphatic heterocycles. The summed E-state index contributed by atoms with van der Waals surface area (Å²) in [4.78, 5) is 19.9. The van der Waals surface area contributed by atoms with Gasteiger partial charge in [-0.2, -0.15) is 11.3 Å². The summed E-state index contributed by atoms with van der Waals surface area (Å²) in [5, 5.41) is 16.3.